The van der Waals surface area contributed by atoms with E-state index < -0.39 is 9.84 Å². The molecule has 0 radical (unpaired) electrons. The number of hydrogen-bond donors (Lipinski definition) is 2. The molecule has 3 aromatic rings. The zero-order chi connectivity index (χ0) is 19.0. The number of piperidine rings is 1. The van der Waals surface area contributed by atoms with Gasteiger partial charge in [0.25, 0.3) is 0 Å². The Labute approximate surface area is 157 Å². The van der Waals surface area contributed by atoms with Crippen molar-refractivity contribution in [1.29, 1.82) is 0 Å². The van der Waals surface area contributed by atoms with E-state index in [0.29, 0.717) is 16.6 Å². The van der Waals surface area contributed by atoms with Crippen LogP contribution in [0.1, 0.15) is 19.3 Å². The van der Waals surface area contributed by atoms with E-state index in [2.05, 4.69) is 14.9 Å². The van der Waals surface area contributed by atoms with Crippen LogP contribution in [0.2, 0.25) is 0 Å². The van der Waals surface area contributed by atoms with Gasteiger partial charge in [-0.1, -0.05) is 18.2 Å². The highest BCUT2D eigenvalue weighted by atomic mass is 32.2. The summed E-state index contributed by atoms with van der Waals surface area (Å²) in [5.74, 6) is 0.270. The third-order valence-electron chi connectivity index (χ3n) is 4.86. The number of sulfone groups is 1. The Morgan fingerprint density at radius 3 is 2.30 bits per heavy atom. The fourth-order valence-electron chi connectivity index (χ4n) is 3.61. The molecule has 0 bridgehead atoms. The molecule has 27 heavy (non-hydrogen) atoms. The van der Waals surface area contributed by atoms with Gasteiger partial charge in [0.15, 0.2) is 0 Å². The van der Waals surface area contributed by atoms with Gasteiger partial charge in [-0.25, -0.2) is 13.4 Å². The maximum atomic E-state index is 13.4. The highest BCUT2D eigenvalue weighted by Gasteiger charge is 2.28. The number of nitrogens with two attached hydrogens (primary N) is 2. The van der Waals surface area contributed by atoms with Crippen LogP contribution in [0.4, 0.5) is 17.5 Å². The van der Waals surface area contributed by atoms with Crippen molar-refractivity contribution in [2.75, 3.05) is 29.5 Å². The van der Waals surface area contributed by atoms with E-state index >= 15 is 0 Å². The van der Waals surface area contributed by atoms with Gasteiger partial charge in [0.1, 0.15) is 5.82 Å². The van der Waals surface area contributed by atoms with E-state index in [4.69, 9.17) is 11.5 Å². The van der Waals surface area contributed by atoms with Gasteiger partial charge in [-0.05, 0) is 43.5 Å². The molecule has 1 aromatic heterocycles. The quantitative estimate of drug-likeness (QED) is 0.714. The van der Waals surface area contributed by atoms with Crippen LogP contribution >= 0.6 is 0 Å². The van der Waals surface area contributed by atoms with E-state index in [-0.39, 0.29) is 21.6 Å². The molecule has 1 fully saturated rings. The number of fused-ring (bicyclic) bond motifs is 1. The van der Waals surface area contributed by atoms with Crippen LogP contribution in [0.25, 0.3) is 10.9 Å². The van der Waals surface area contributed by atoms with Gasteiger partial charge in [-0.2, -0.15) is 4.98 Å². The normalized spacial score (nSPS) is 15.2. The SMILES string of the molecule is Nc1nc(N)c2c(N3CCCCC3)c(S(=O)(=O)c3ccccc3)ccc2n1. The van der Waals surface area contributed by atoms with E-state index in [9.17, 15) is 8.42 Å². The molecule has 0 saturated carbocycles. The van der Waals surface area contributed by atoms with Crippen LogP contribution in [0.3, 0.4) is 0 Å². The molecule has 8 heteroatoms. The predicted octanol–water partition coefficient (Wildman–Crippen LogP) is 2.62. The third kappa shape index (κ3) is 3.06. The largest absolute Gasteiger partial charge is 0.383 e. The predicted molar refractivity (Wildman–Crippen MR) is 106 cm³/mol. The number of hydrogen-bond acceptors (Lipinski definition) is 7. The van der Waals surface area contributed by atoms with Crippen molar-refractivity contribution < 1.29 is 8.42 Å². The zero-order valence-corrected chi connectivity index (χ0v) is 15.6. The van der Waals surface area contributed by atoms with E-state index in [1.807, 2.05) is 0 Å². The molecule has 0 atom stereocenters. The lowest BCUT2D eigenvalue weighted by Crippen LogP contribution is -2.31. The molecule has 140 valence electrons. The summed E-state index contributed by atoms with van der Waals surface area (Å²) < 4.78 is 26.8. The maximum Gasteiger partial charge on any atom is 0.222 e. The summed E-state index contributed by atoms with van der Waals surface area (Å²) in [7, 11) is -3.72. The molecule has 4 rings (SSSR count). The van der Waals surface area contributed by atoms with E-state index in [1.54, 1.807) is 42.5 Å². The van der Waals surface area contributed by atoms with Crippen molar-refractivity contribution in [3.8, 4) is 0 Å². The Hall–Kier alpha value is -2.87. The second kappa shape index (κ2) is 6.70. The van der Waals surface area contributed by atoms with Gasteiger partial charge in [0.2, 0.25) is 15.8 Å². The molecule has 4 N–H and O–H groups in total. The van der Waals surface area contributed by atoms with E-state index in [1.165, 1.54) is 0 Å². The van der Waals surface area contributed by atoms with Gasteiger partial charge < -0.3 is 16.4 Å². The molecule has 0 spiro atoms. The summed E-state index contributed by atoms with van der Waals surface area (Å²) in [6.45, 7) is 1.53. The highest BCUT2D eigenvalue weighted by molar-refractivity contribution is 7.91. The third-order valence-corrected chi connectivity index (χ3v) is 6.66. The minimum absolute atomic E-state index is 0.0725. The standard InChI is InChI=1S/C19H21N5O2S/c20-18-16-14(22-19(21)23-18)9-10-15(17(16)24-11-5-2-6-12-24)27(25,26)13-7-3-1-4-8-13/h1,3-4,7-10H,2,5-6,11-12H2,(H4,20,21,22,23). The van der Waals surface area contributed by atoms with Crippen LogP contribution in [0.15, 0.2) is 52.3 Å². The highest BCUT2D eigenvalue weighted by Crippen LogP contribution is 2.39. The van der Waals surface area contributed by atoms with Crippen LogP contribution in [-0.4, -0.2) is 31.5 Å². The fraction of sp³-hybridized carbons (Fsp3) is 0.263. The van der Waals surface area contributed by atoms with Crippen molar-refractivity contribution in [2.45, 2.75) is 29.1 Å². The van der Waals surface area contributed by atoms with Crippen LogP contribution in [0, 0.1) is 0 Å². The summed E-state index contributed by atoms with van der Waals surface area (Å²) >= 11 is 0. The van der Waals surface area contributed by atoms with Crippen molar-refractivity contribution in [2.24, 2.45) is 0 Å². The molecular weight excluding hydrogens is 362 g/mol. The lowest BCUT2D eigenvalue weighted by molar-refractivity contribution is 0.572. The molecule has 1 aliphatic rings. The van der Waals surface area contributed by atoms with Crippen molar-refractivity contribution in [1.82, 2.24) is 9.97 Å². The fourth-order valence-corrected chi connectivity index (χ4v) is 5.11. The summed E-state index contributed by atoms with van der Waals surface area (Å²) in [5.41, 5.74) is 13.0. The van der Waals surface area contributed by atoms with E-state index in [0.717, 1.165) is 32.4 Å². The molecule has 0 unspecified atom stereocenters. The lowest BCUT2D eigenvalue weighted by Gasteiger charge is -2.31. The van der Waals surface area contributed by atoms with Gasteiger partial charge in [0.05, 0.1) is 26.4 Å². The summed E-state index contributed by atoms with van der Waals surface area (Å²) in [6.07, 6.45) is 3.12. The summed E-state index contributed by atoms with van der Waals surface area (Å²) in [4.78, 5) is 10.9. The summed E-state index contributed by atoms with van der Waals surface area (Å²) in [5, 5.41) is 0.545. The molecule has 1 aliphatic heterocycles. The zero-order valence-electron chi connectivity index (χ0n) is 14.8. The number of nitrogens with zero attached hydrogens (tertiary/aromatic N) is 3. The Morgan fingerprint density at radius 1 is 0.889 bits per heavy atom. The van der Waals surface area contributed by atoms with Crippen molar-refractivity contribution in [3.05, 3.63) is 42.5 Å². The van der Waals surface area contributed by atoms with Crippen molar-refractivity contribution in [3.63, 3.8) is 0 Å². The monoisotopic (exact) mass is 383 g/mol. The number of aromatic nitrogens is 2. The van der Waals surface area contributed by atoms with Crippen LogP contribution in [0.5, 0.6) is 0 Å². The smallest absolute Gasteiger partial charge is 0.222 e. The first kappa shape index (κ1) is 17.5. The Kier molecular flexibility index (Phi) is 4.35. The number of nitrogen functional groups attached to an aromatic ring is 2. The average Bonchev–Trinajstić information content (AvgIpc) is 2.68. The molecule has 0 aliphatic carbocycles. The first-order valence-corrected chi connectivity index (χ1v) is 10.4. The topological polar surface area (TPSA) is 115 Å². The number of anilines is 3. The average molecular weight is 383 g/mol. The molecule has 0 amide bonds. The minimum Gasteiger partial charge on any atom is -0.383 e. The van der Waals surface area contributed by atoms with Gasteiger partial charge in [-0.3, -0.25) is 0 Å². The molecule has 2 aromatic carbocycles. The van der Waals surface area contributed by atoms with Crippen LogP contribution < -0.4 is 16.4 Å². The first-order valence-electron chi connectivity index (χ1n) is 8.89. The first-order chi connectivity index (χ1) is 13.0. The lowest BCUT2D eigenvalue weighted by atomic mass is 10.1. The minimum atomic E-state index is -3.72. The Bertz CT molecular complexity index is 1090. The second-order valence-corrected chi connectivity index (χ2v) is 8.56. The maximum absolute atomic E-state index is 13.4. The Morgan fingerprint density at radius 2 is 1.59 bits per heavy atom. The second-order valence-electron chi connectivity index (χ2n) is 6.64. The molecule has 2 heterocycles. The van der Waals surface area contributed by atoms with Gasteiger partial charge in [-0.15, -0.1) is 0 Å². The molecule has 1 saturated heterocycles. The molecular formula is C19H21N5O2S. The van der Waals surface area contributed by atoms with Crippen LogP contribution in [-0.2, 0) is 9.84 Å². The summed E-state index contributed by atoms with van der Waals surface area (Å²) in [6, 6.07) is 11.7. The van der Waals surface area contributed by atoms with Crippen molar-refractivity contribution >= 4 is 38.2 Å². The van der Waals surface area contributed by atoms with Gasteiger partial charge in [0, 0.05) is 13.1 Å². The number of benzene rings is 2. The molecule has 7 nitrogen and oxygen atoms in total. The number of rotatable bonds is 3. The Balaban J connectivity index is 2.03. The van der Waals surface area contributed by atoms with Gasteiger partial charge >= 0.3 is 0 Å².